The molecule has 2 aromatic heterocycles. The van der Waals surface area contributed by atoms with Crippen molar-refractivity contribution in [3.05, 3.63) is 39.7 Å². The van der Waals surface area contributed by atoms with Gasteiger partial charge < -0.3 is 15.2 Å². The fourth-order valence-corrected chi connectivity index (χ4v) is 2.38. The molecule has 0 amide bonds. The molecule has 0 aliphatic rings. The van der Waals surface area contributed by atoms with E-state index in [1.54, 1.807) is 23.6 Å². The molecular weight excluding hydrogens is 272 g/mol. The smallest absolute Gasteiger partial charge is 0.213 e. The zero-order valence-corrected chi connectivity index (χ0v) is 11.2. The molecule has 0 saturated carbocycles. The predicted molar refractivity (Wildman–Crippen MR) is 73.5 cm³/mol. The Balaban J connectivity index is 1.86. The molecule has 18 heavy (non-hydrogen) atoms. The van der Waals surface area contributed by atoms with Gasteiger partial charge in [-0.05, 0) is 18.2 Å². The van der Waals surface area contributed by atoms with Gasteiger partial charge in [0.1, 0.15) is 6.61 Å². The van der Waals surface area contributed by atoms with Crippen molar-refractivity contribution < 1.29 is 9.84 Å². The van der Waals surface area contributed by atoms with E-state index in [-0.39, 0.29) is 13.2 Å². The van der Waals surface area contributed by atoms with Crippen LogP contribution in [-0.4, -0.2) is 23.3 Å². The number of anilines is 1. The monoisotopic (exact) mass is 284 g/mol. The van der Waals surface area contributed by atoms with Gasteiger partial charge in [-0.15, -0.1) is 11.3 Å². The van der Waals surface area contributed by atoms with Crippen LogP contribution in [0.1, 0.15) is 4.88 Å². The second kappa shape index (κ2) is 6.58. The highest BCUT2D eigenvalue weighted by Gasteiger charge is 1.99. The van der Waals surface area contributed by atoms with Crippen LogP contribution < -0.4 is 10.1 Å². The van der Waals surface area contributed by atoms with Gasteiger partial charge in [-0.25, -0.2) is 4.98 Å². The molecule has 0 bridgehead atoms. The van der Waals surface area contributed by atoms with Crippen LogP contribution in [0.4, 0.5) is 5.69 Å². The first kappa shape index (κ1) is 13.1. The summed E-state index contributed by atoms with van der Waals surface area (Å²) in [5, 5.41) is 11.9. The maximum atomic E-state index is 8.62. The molecule has 0 unspecified atom stereocenters. The molecule has 0 atom stereocenters. The Kier molecular flexibility index (Phi) is 4.81. The summed E-state index contributed by atoms with van der Waals surface area (Å²) in [5.74, 6) is 0.508. The Labute approximate surface area is 114 Å². The van der Waals surface area contributed by atoms with Gasteiger partial charge in [-0.1, -0.05) is 11.6 Å². The zero-order valence-electron chi connectivity index (χ0n) is 9.60. The number of rotatable bonds is 6. The van der Waals surface area contributed by atoms with Gasteiger partial charge >= 0.3 is 0 Å². The summed E-state index contributed by atoms with van der Waals surface area (Å²) in [4.78, 5) is 5.28. The quantitative estimate of drug-likeness (QED) is 0.856. The number of ether oxygens (including phenoxy) is 1. The third-order valence-electron chi connectivity index (χ3n) is 2.17. The Hall–Kier alpha value is -1.30. The highest BCUT2D eigenvalue weighted by molar-refractivity contribution is 7.16. The Morgan fingerprint density at radius 1 is 1.33 bits per heavy atom. The molecule has 0 aliphatic carbocycles. The third kappa shape index (κ3) is 3.87. The van der Waals surface area contributed by atoms with Gasteiger partial charge in [0.05, 0.1) is 22.8 Å². The van der Waals surface area contributed by atoms with Crippen LogP contribution in [0.2, 0.25) is 4.34 Å². The molecule has 0 aromatic carbocycles. The second-order valence-electron chi connectivity index (χ2n) is 3.52. The van der Waals surface area contributed by atoms with E-state index in [1.807, 2.05) is 18.2 Å². The largest absolute Gasteiger partial charge is 0.475 e. The SMILES string of the molecule is OCCOc1ccc(NCc2ccc(Cl)s2)cn1. The van der Waals surface area contributed by atoms with Crippen LogP contribution >= 0.6 is 22.9 Å². The molecule has 0 spiro atoms. The zero-order chi connectivity index (χ0) is 12.8. The van der Waals surface area contributed by atoms with E-state index in [9.17, 15) is 0 Å². The highest BCUT2D eigenvalue weighted by Crippen LogP contribution is 2.22. The summed E-state index contributed by atoms with van der Waals surface area (Å²) >= 11 is 7.40. The minimum Gasteiger partial charge on any atom is -0.475 e. The van der Waals surface area contributed by atoms with Gasteiger partial charge in [0.15, 0.2) is 0 Å². The lowest BCUT2D eigenvalue weighted by molar-refractivity contribution is 0.196. The van der Waals surface area contributed by atoms with Crippen molar-refractivity contribution in [1.29, 1.82) is 0 Å². The number of nitrogens with zero attached hydrogens (tertiary/aromatic N) is 1. The molecule has 0 fully saturated rings. The van der Waals surface area contributed by atoms with Gasteiger partial charge in [-0.3, -0.25) is 0 Å². The van der Waals surface area contributed by atoms with Crippen LogP contribution in [-0.2, 0) is 6.54 Å². The lowest BCUT2D eigenvalue weighted by Crippen LogP contribution is -2.03. The molecule has 96 valence electrons. The molecule has 2 aromatic rings. The first-order chi connectivity index (χ1) is 8.78. The summed E-state index contributed by atoms with van der Waals surface area (Å²) in [6.45, 7) is 0.962. The lowest BCUT2D eigenvalue weighted by Gasteiger charge is -2.06. The summed E-state index contributed by atoms with van der Waals surface area (Å²) in [7, 11) is 0. The third-order valence-corrected chi connectivity index (χ3v) is 3.40. The van der Waals surface area contributed by atoms with Crippen molar-refractivity contribution in [2.75, 3.05) is 18.5 Å². The number of aliphatic hydroxyl groups is 1. The van der Waals surface area contributed by atoms with Crippen LogP contribution in [0, 0.1) is 0 Å². The molecule has 2 heterocycles. The Bertz CT molecular complexity index is 487. The number of aliphatic hydroxyl groups excluding tert-OH is 1. The molecule has 0 aliphatic heterocycles. The van der Waals surface area contributed by atoms with Gasteiger partial charge in [0.2, 0.25) is 5.88 Å². The van der Waals surface area contributed by atoms with E-state index in [2.05, 4.69) is 10.3 Å². The van der Waals surface area contributed by atoms with Crippen molar-refractivity contribution >= 4 is 28.6 Å². The summed E-state index contributed by atoms with van der Waals surface area (Å²) < 4.78 is 5.96. The lowest BCUT2D eigenvalue weighted by atomic mass is 10.4. The van der Waals surface area contributed by atoms with Gasteiger partial charge in [-0.2, -0.15) is 0 Å². The van der Waals surface area contributed by atoms with Crippen molar-refractivity contribution in [1.82, 2.24) is 4.98 Å². The molecular formula is C12H13ClN2O2S. The molecule has 0 saturated heterocycles. The highest BCUT2D eigenvalue weighted by atomic mass is 35.5. The van der Waals surface area contributed by atoms with Crippen LogP contribution in [0.25, 0.3) is 0 Å². The summed E-state index contributed by atoms with van der Waals surface area (Å²) in [6.07, 6.45) is 1.70. The predicted octanol–water partition coefficient (Wildman–Crippen LogP) is 2.78. The first-order valence-corrected chi connectivity index (χ1v) is 6.65. The molecule has 2 rings (SSSR count). The first-order valence-electron chi connectivity index (χ1n) is 5.46. The average molecular weight is 285 g/mol. The van der Waals surface area contributed by atoms with Crippen molar-refractivity contribution in [3.63, 3.8) is 0 Å². The maximum absolute atomic E-state index is 8.62. The Morgan fingerprint density at radius 2 is 2.22 bits per heavy atom. The van der Waals surface area contributed by atoms with Crippen molar-refractivity contribution in [2.45, 2.75) is 6.54 Å². The van der Waals surface area contributed by atoms with Crippen LogP contribution in [0.15, 0.2) is 30.5 Å². The van der Waals surface area contributed by atoms with Crippen molar-refractivity contribution in [3.8, 4) is 5.88 Å². The number of aromatic nitrogens is 1. The minimum atomic E-state index is -0.0131. The van der Waals surface area contributed by atoms with E-state index in [0.29, 0.717) is 5.88 Å². The molecule has 4 nitrogen and oxygen atoms in total. The number of nitrogens with one attached hydrogen (secondary N) is 1. The molecule has 2 N–H and O–H groups in total. The topological polar surface area (TPSA) is 54.4 Å². The molecule has 0 radical (unpaired) electrons. The number of thiophene rings is 1. The normalized spacial score (nSPS) is 10.3. The fraction of sp³-hybridized carbons (Fsp3) is 0.250. The minimum absolute atomic E-state index is 0.0131. The van der Waals surface area contributed by atoms with Crippen LogP contribution in [0.5, 0.6) is 5.88 Å². The number of hydrogen-bond donors (Lipinski definition) is 2. The number of pyridine rings is 1. The van der Waals surface area contributed by atoms with E-state index in [0.717, 1.165) is 16.6 Å². The summed E-state index contributed by atoms with van der Waals surface area (Å²) in [5.41, 5.74) is 0.913. The number of halogens is 1. The van der Waals surface area contributed by atoms with E-state index >= 15 is 0 Å². The van der Waals surface area contributed by atoms with Crippen molar-refractivity contribution in [2.24, 2.45) is 0 Å². The van der Waals surface area contributed by atoms with E-state index < -0.39 is 0 Å². The van der Waals surface area contributed by atoms with E-state index in [4.69, 9.17) is 21.4 Å². The Morgan fingerprint density at radius 3 is 2.83 bits per heavy atom. The maximum Gasteiger partial charge on any atom is 0.213 e. The van der Waals surface area contributed by atoms with Gasteiger partial charge in [0.25, 0.3) is 0 Å². The van der Waals surface area contributed by atoms with Gasteiger partial charge in [0, 0.05) is 17.5 Å². The standard InChI is InChI=1S/C12H13ClN2O2S/c13-11-3-2-10(18-11)8-14-9-1-4-12(15-7-9)17-6-5-16/h1-4,7,14,16H,5-6,8H2. The van der Waals surface area contributed by atoms with E-state index in [1.165, 1.54) is 4.88 Å². The summed E-state index contributed by atoms with van der Waals surface area (Å²) in [6, 6.07) is 7.52. The fourth-order valence-electron chi connectivity index (χ4n) is 1.36. The average Bonchev–Trinajstić information content (AvgIpc) is 2.81. The second-order valence-corrected chi connectivity index (χ2v) is 5.32. The number of hydrogen-bond acceptors (Lipinski definition) is 5. The molecule has 6 heteroatoms. The van der Waals surface area contributed by atoms with Crippen LogP contribution in [0.3, 0.4) is 0 Å².